The zero-order valence-electron chi connectivity index (χ0n) is 15.4. The van der Waals surface area contributed by atoms with Crippen LogP contribution in [0.5, 0.6) is 17.2 Å². The largest absolute Gasteiger partial charge is 0.489 e. The van der Waals surface area contributed by atoms with Crippen LogP contribution in [-0.2, 0) is 6.61 Å². The fourth-order valence-corrected chi connectivity index (χ4v) is 2.88. The highest BCUT2D eigenvalue weighted by Gasteiger charge is 2.12. The lowest BCUT2D eigenvalue weighted by Crippen LogP contribution is -2.21. The van der Waals surface area contributed by atoms with Gasteiger partial charge < -0.3 is 9.47 Å². The van der Waals surface area contributed by atoms with Gasteiger partial charge in [-0.15, -0.1) is 0 Å². The highest BCUT2D eigenvalue weighted by Crippen LogP contribution is 2.27. The summed E-state index contributed by atoms with van der Waals surface area (Å²) < 4.78 is 12.7. The minimum atomic E-state index is -0.446. The molecule has 144 valence electrons. The molecule has 0 amide bonds. The summed E-state index contributed by atoms with van der Waals surface area (Å²) >= 11 is 6.22. The molecule has 6 heteroatoms. The van der Waals surface area contributed by atoms with Crippen molar-refractivity contribution >= 4 is 11.6 Å². The van der Waals surface area contributed by atoms with Crippen molar-refractivity contribution in [1.29, 1.82) is 0 Å². The van der Waals surface area contributed by atoms with Crippen LogP contribution < -0.4 is 15.0 Å². The summed E-state index contributed by atoms with van der Waals surface area (Å²) in [4.78, 5) is 12.5. The average molecular weight is 405 g/mol. The third-order valence-corrected chi connectivity index (χ3v) is 4.54. The van der Waals surface area contributed by atoms with Crippen LogP contribution in [0.4, 0.5) is 0 Å². The molecule has 0 aliphatic rings. The number of aromatic nitrogens is 2. The van der Waals surface area contributed by atoms with E-state index in [4.69, 9.17) is 21.1 Å². The van der Waals surface area contributed by atoms with Crippen LogP contribution in [0.2, 0.25) is 5.02 Å². The van der Waals surface area contributed by atoms with E-state index in [1.807, 2.05) is 48.5 Å². The Morgan fingerprint density at radius 2 is 1.45 bits per heavy atom. The molecular formula is C23H17ClN2O3. The molecule has 0 saturated carbocycles. The first kappa shape index (κ1) is 18.8. The molecule has 4 aromatic rings. The Morgan fingerprint density at radius 3 is 2.14 bits per heavy atom. The summed E-state index contributed by atoms with van der Waals surface area (Å²) in [6.45, 7) is 0.481. The molecule has 0 unspecified atom stereocenters. The lowest BCUT2D eigenvalue weighted by atomic mass is 10.2. The van der Waals surface area contributed by atoms with Gasteiger partial charge in [0.05, 0.1) is 11.9 Å². The molecule has 5 nitrogen and oxygen atoms in total. The Kier molecular flexibility index (Phi) is 5.59. The van der Waals surface area contributed by atoms with Gasteiger partial charge in [-0.2, -0.15) is 9.78 Å². The number of benzene rings is 3. The van der Waals surface area contributed by atoms with Gasteiger partial charge in [-0.25, -0.2) is 0 Å². The molecule has 4 rings (SSSR count). The maximum atomic E-state index is 12.5. The van der Waals surface area contributed by atoms with E-state index in [1.165, 1.54) is 10.9 Å². The molecular weight excluding hydrogens is 388 g/mol. The number of para-hydroxylation sites is 1. The van der Waals surface area contributed by atoms with E-state index in [2.05, 4.69) is 5.10 Å². The lowest BCUT2D eigenvalue weighted by Gasteiger charge is -2.10. The SMILES string of the molecule is O=c1c(Cl)c(Oc2ccc(OCc3ccccc3)cc2)cnn1-c1ccccc1. The van der Waals surface area contributed by atoms with E-state index >= 15 is 0 Å². The van der Waals surface area contributed by atoms with Gasteiger partial charge in [-0.05, 0) is 42.0 Å². The molecule has 0 N–H and O–H groups in total. The van der Waals surface area contributed by atoms with Gasteiger partial charge in [-0.1, -0.05) is 60.1 Å². The van der Waals surface area contributed by atoms with Crippen molar-refractivity contribution in [2.24, 2.45) is 0 Å². The second kappa shape index (κ2) is 8.63. The van der Waals surface area contributed by atoms with E-state index in [-0.39, 0.29) is 10.8 Å². The second-order valence-corrected chi connectivity index (χ2v) is 6.60. The maximum absolute atomic E-state index is 12.5. The van der Waals surface area contributed by atoms with Crippen molar-refractivity contribution in [3.05, 3.63) is 112 Å². The predicted molar refractivity (Wildman–Crippen MR) is 112 cm³/mol. The Bertz CT molecular complexity index is 1140. The Labute approximate surface area is 172 Å². The first-order chi connectivity index (χ1) is 14.2. The molecule has 0 saturated heterocycles. The monoisotopic (exact) mass is 404 g/mol. The molecule has 0 aliphatic heterocycles. The van der Waals surface area contributed by atoms with Crippen molar-refractivity contribution in [3.63, 3.8) is 0 Å². The van der Waals surface area contributed by atoms with Crippen LogP contribution in [0.3, 0.4) is 0 Å². The van der Waals surface area contributed by atoms with Gasteiger partial charge in [-0.3, -0.25) is 4.79 Å². The van der Waals surface area contributed by atoms with Gasteiger partial charge in [0.15, 0.2) is 10.8 Å². The smallest absolute Gasteiger partial charge is 0.294 e. The summed E-state index contributed by atoms with van der Waals surface area (Å²) in [5.41, 5.74) is 1.27. The standard InChI is InChI=1S/C23H17ClN2O3/c24-22-21(15-25-26(23(22)27)18-9-5-2-6-10-18)29-20-13-11-19(12-14-20)28-16-17-7-3-1-4-8-17/h1-15H,16H2. The lowest BCUT2D eigenvalue weighted by molar-refractivity contribution is 0.306. The molecule has 0 spiro atoms. The number of halogens is 1. The number of nitrogens with zero attached hydrogens (tertiary/aromatic N) is 2. The minimum absolute atomic E-state index is 0.0340. The quantitative estimate of drug-likeness (QED) is 0.440. The predicted octanol–water partition coefficient (Wildman–Crippen LogP) is 5.26. The van der Waals surface area contributed by atoms with Crippen molar-refractivity contribution in [1.82, 2.24) is 9.78 Å². The molecule has 0 bridgehead atoms. The van der Waals surface area contributed by atoms with E-state index < -0.39 is 5.56 Å². The first-order valence-corrected chi connectivity index (χ1v) is 9.36. The fourth-order valence-electron chi connectivity index (χ4n) is 2.71. The Hall–Kier alpha value is -3.57. The summed E-state index contributed by atoms with van der Waals surface area (Å²) in [7, 11) is 0. The fraction of sp³-hybridized carbons (Fsp3) is 0.0435. The number of rotatable bonds is 6. The highest BCUT2D eigenvalue weighted by atomic mass is 35.5. The number of ether oxygens (including phenoxy) is 2. The third kappa shape index (κ3) is 4.47. The summed E-state index contributed by atoms with van der Waals surface area (Å²) in [6, 6.07) is 26.1. The normalized spacial score (nSPS) is 10.5. The molecule has 0 aliphatic carbocycles. The van der Waals surface area contributed by atoms with Crippen LogP contribution in [0.1, 0.15) is 5.56 Å². The second-order valence-electron chi connectivity index (χ2n) is 6.22. The van der Waals surface area contributed by atoms with Crippen LogP contribution in [0, 0.1) is 0 Å². The minimum Gasteiger partial charge on any atom is -0.489 e. The van der Waals surface area contributed by atoms with Crippen LogP contribution in [0.15, 0.2) is 95.9 Å². The zero-order valence-corrected chi connectivity index (χ0v) is 16.1. The molecule has 0 fully saturated rings. The molecule has 3 aromatic carbocycles. The Morgan fingerprint density at radius 1 is 0.828 bits per heavy atom. The van der Waals surface area contributed by atoms with Gasteiger partial charge >= 0.3 is 0 Å². The first-order valence-electron chi connectivity index (χ1n) is 8.98. The topological polar surface area (TPSA) is 53.4 Å². The van der Waals surface area contributed by atoms with E-state index in [0.717, 1.165) is 5.56 Å². The Balaban J connectivity index is 1.46. The molecule has 29 heavy (non-hydrogen) atoms. The van der Waals surface area contributed by atoms with Crippen molar-refractivity contribution in [2.75, 3.05) is 0 Å². The highest BCUT2D eigenvalue weighted by molar-refractivity contribution is 6.31. The van der Waals surface area contributed by atoms with Crippen molar-refractivity contribution < 1.29 is 9.47 Å². The summed E-state index contributed by atoms with van der Waals surface area (Å²) in [5.74, 6) is 1.43. The molecule has 1 aromatic heterocycles. The van der Waals surface area contributed by atoms with Gasteiger partial charge in [0, 0.05) is 0 Å². The summed E-state index contributed by atoms with van der Waals surface area (Å²) in [5, 5.41) is 4.12. The van der Waals surface area contributed by atoms with E-state index in [0.29, 0.717) is 23.8 Å². The van der Waals surface area contributed by atoms with Crippen LogP contribution >= 0.6 is 11.6 Å². The molecule has 1 heterocycles. The van der Waals surface area contributed by atoms with Gasteiger partial charge in [0.1, 0.15) is 18.1 Å². The van der Waals surface area contributed by atoms with E-state index in [9.17, 15) is 4.79 Å². The van der Waals surface area contributed by atoms with Crippen molar-refractivity contribution in [3.8, 4) is 22.9 Å². The van der Waals surface area contributed by atoms with Gasteiger partial charge in [0.25, 0.3) is 5.56 Å². The molecule has 0 radical (unpaired) electrons. The zero-order chi connectivity index (χ0) is 20.1. The van der Waals surface area contributed by atoms with Gasteiger partial charge in [0.2, 0.25) is 0 Å². The molecule has 0 atom stereocenters. The number of hydrogen-bond acceptors (Lipinski definition) is 4. The summed E-state index contributed by atoms with van der Waals surface area (Å²) in [6.07, 6.45) is 1.43. The average Bonchev–Trinajstić information content (AvgIpc) is 2.78. The number of hydrogen-bond donors (Lipinski definition) is 0. The van der Waals surface area contributed by atoms with E-state index in [1.54, 1.807) is 36.4 Å². The maximum Gasteiger partial charge on any atom is 0.294 e. The van der Waals surface area contributed by atoms with Crippen LogP contribution in [-0.4, -0.2) is 9.78 Å². The van der Waals surface area contributed by atoms with Crippen LogP contribution in [0.25, 0.3) is 5.69 Å². The third-order valence-electron chi connectivity index (χ3n) is 4.19. The van der Waals surface area contributed by atoms with Crippen molar-refractivity contribution in [2.45, 2.75) is 6.61 Å².